The molecule has 0 spiro atoms. The second-order valence-corrected chi connectivity index (χ2v) is 1.45. The van der Waals surface area contributed by atoms with Gasteiger partial charge in [0.1, 0.15) is 12.0 Å². The highest BCUT2D eigenvalue weighted by molar-refractivity contribution is 5.93. The number of nitrogens with one attached hydrogen (secondary N) is 1. The summed E-state index contributed by atoms with van der Waals surface area (Å²) in [6.07, 6.45) is 1.16. The molecule has 0 aromatic heterocycles. The van der Waals surface area contributed by atoms with Crippen LogP contribution in [0.2, 0.25) is 0 Å². The van der Waals surface area contributed by atoms with Gasteiger partial charge in [0.15, 0.2) is 0 Å². The molecule has 4 nitrogen and oxygen atoms in total. The van der Waals surface area contributed by atoms with E-state index in [2.05, 4.69) is 28.6 Å². The van der Waals surface area contributed by atoms with E-state index in [0.717, 1.165) is 6.34 Å². The Labute approximate surface area is 59.4 Å². The SMILES string of the molecule is C=N/C=N\C(=C)C(=O)NC. The van der Waals surface area contributed by atoms with E-state index in [1.807, 2.05) is 0 Å². The molecule has 1 amide bonds. The van der Waals surface area contributed by atoms with Crippen LogP contribution in [0, 0.1) is 0 Å². The van der Waals surface area contributed by atoms with Crippen LogP contribution in [0.1, 0.15) is 0 Å². The van der Waals surface area contributed by atoms with E-state index in [1.165, 1.54) is 7.05 Å². The summed E-state index contributed by atoms with van der Waals surface area (Å²) in [5, 5.41) is 2.36. The van der Waals surface area contributed by atoms with Gasteiger partial charge in [0.2, 0.25) is 0 Å². The molecule has 0 aromatic rings. The van der Waals surface area contributed by atoms with Crippen molar-refractivity contribution in [2.75, 3.05) is 7.05 Å². The van der Waals surface area contributed by atoms with E-state index in [-0.39, 0.29) is 11.6 Å². The average molecular weight is 139 g/mol. The molecule has 0 aliphatic heterocycles. The molecule has 10 heavy (non-hydrogen) atoms. The van der Waals surface area contributed by atoms with Crippen LogP contribution in [0.5, 0.6) is 0 Å². The fraction of sp³-hybridized carbons (Fsp3) is 0.167. The average Bonchev–Trinajstić information content (AvgIpc) is 1.98. The number of rotatable bonds is 3. The number of hydrogen-bond acceptors (Lipinski definition) is 2. The predicted octanol–water partition coefficient (Wildman–Crippen LogP) is -0.0250. The van der Waals surface area contributed by atoms with Gasteiger partial charge in [0.05, 0.1) is 0 Å². The maximum absolute atomic E-state index is 10.6. The van der Waals surface area contributed by atoms with Crippen LogP contribution in [-0.4, -0.2) is 26.0 Å². The van der Waals surface area contributed by atoms with E-state index in [1.54, 1.807) is 0 Å². The number of hydrogen-bond donors (Lipinski definition) is 1. The quantitative estimate of drug-likeness (QED) is 0.333. The van der Waals surface area contributed by atoms with Crippen LogP contribution in [0.25, 0.3) is 0 Å². The third kappa shape index (κ3) is 2.76. The van der Waals surface area contributed by atoms with Gasteiger partial charge >= 0.3 is 0 Å². The molecule has 0 aliphatic carbocycles. The van der Waals surface area contributed by atoms with Gasteiger partial charge in [-0.3, -0.25) is 9.79 Å². The monoisotopic (exact) mass is 139 g/mol. The van der Waals surface area contributed by atoms with Crippen LogP contribution in [-0.2, 0) is 4.79 Å². The highest BCUT2D eigenvalue weighted by atomic mass is 16.1. The molecule has 0 rings (SSSR count). The summed E-state index contributed by atoms with van der Waals surface area (Å²) in [5.41, 5.74) is 0.120. The maximum Gasteiger partial charge on any atom is 0.269 e. The lowest BCUT2D eigenvalue weighted by Crippen LogP contribution is -2.18. The summed E-state index contributed by atoms with van der Waals surface area (Å²) in [5.74, 6) is -0.320. The smallest absolute Gasteiger partial charge is 0.269 e. The van der Waals surface area contributed by atoms with Crippen molar-refractivity contribution in [2.24, 2.45) is 9.98 Å². The van der Waals surface area contributed by atoms with Gasteiger partial charge in [0, 0.05) is 7.05 Å². The minimum atomic E-state index is -0.320. The zero-order valence-corrected chi connectivity index (χ0v) is 5.79. The first-order chi connectivity index (χ1) is 4.72. The van der Waals surface area contributed by atoms with Crippen molar-refractivity contribution in [1.82, 2.24) is 5.32 Å². The van der Waals surface area contributed by atoms with Crippen molar-refractivity contribution >= 4 is 19.0 Å². The maximum atomic E-state index is 10.6. The van der Waals surface area contributed by atoms with Gasteiger partial charge in [-0.15, -0.1) is 0 Å². The van der Waals surface area contributed by atoms with Crippen LogP contribution in [0.3, 0.4) is 0 Å². The summed E-state index contributed by atoms with van der Waals surface area (Å²) in [6, 6.07) is 0. The number of nitrogens with zero attached hydrogens (tertiary/aromatic N) is 2. The van der Waals surface area contributed by atoms with Crippen molar-refractivity contribution in [3.05, 3.63) is 12.3 Å². The molecule has 54 valence electrons. The van der Waals surface area contributed by atoms with Gasteiger partial charge in [-0.25, -0.2) is 4.99 Å². The molecular formula is C6H9N3O. The van der Waals surface area contributed by atoms with Crippen LogP contribution < -0.4 is 5.32 Å². The molecule has 0 bridgehead atoms. The lowest BCUT2D eigenvalue weighted by Gasteiger charge is -1.93. The Hall–Kier alpha value is -1.45. The Balaban J connectivity index is 3.97. The zero-order chi connectivity index (χ0) is 7.98. The van der Waals surface area contributed by atoms with Gasteiger partial charge in [-0.05, 0) is 6.72 Å². The normalized spacial score (nSPS) is 9.30. The van der Waals surface area contributed by atoms with Gasteiger partial charge < -0.3 is 5.32 Å². The van der Waals surface area contributed by atoms with Crippen LogP contribution in [0.4, 0.5) is 0 Å². The highest BCUT2D eigenvalue weighted by Gasteiger charge is 1.98. The summed E-state index contributed by atoms with van der Waals surface area (Å²) in [7, 11) is 1.50. The first-order valence-corrected chi connectivity index (χ1v) is 2.61. The lowest BCUT2D eigenvalue weighted by molar-refractivity contribution is -0.117. The number of carbonyl (C=O) groups is 1. The topological polar surface area (TPSA) is 53.8 Å². The van der Waals surface area contributed by atoms with Gasteiger partial charge in [0.25, 0.3) is 5.91 Å². The Bertz CT molecular complexity index is 183. The number of carbonyl (C=O) groups excluding carboxylic acids is 1. The van der Waals surface area contributed by atoms with Crippen LogP contribution in [0.15, 0.2) is 22.3 Å². The third-order valence-corrected chi connectivity index (χ3v) is 0.784. The minimum absolute atomic E-state index is 0.120. The van der Waals surface area contributed by atoms with E-state index >= 15 is 0 Å². The number of amides is 1. The molecule has 0 saturated carbocycles. The van der Waals surface area contributed by atoms with Gasteiger partial charge in [-0.2, -0.15) is 0 Å². The van der Waals surface area contributed by atoms with Crippen molar-refractivity contribution < 1.29 is 4.79 Å². The molecule has 0 unspecified atom stereocenters. The van der Waals surface area contributed by atoms with E-state index in [4.69, 9.17) is 0 Å². The molecule has 0 atom stereocenters. The van der Waals surface area contributed by atoms with Crippen molar-refractivity contribution in [3.63, 3.8) is 0 Å². The first kappa shape index (κ1) is 8.55. The molecule has 0 heterocycles. The molecule has 0 aliphatic rings. The molecule has 0 aromatic carbocycles. The Morgan fingerprint density at radius 2 is 2.30 bits per heavy atom. The van der Waals surface area contributed by atoms with Crippen molar-refractivity contribution in [3.8, 4) is 0 Å². The molecule has 1 N–H and O–H groups in total. The van der Waals surface area contributed by atoms with Crippen molar-refractivity contribution in [2.45, 2.75) is 0 Å². The van der Waals surface area contributed by atoms with E-state index in [0.29, 0.717) is 0 Å². The Kier molecular flexibility index (Phi) is 3.79. The summed E-state index contributed by atoms with van der Waals surface area (Å²) < 4.78 is 0. The zero-order valence-electron chi connectivity index (χ0n) is 5.79. The van der Waals surface area contributed by atoms with Crippen molar-refractivity contribution in [1.29, 1.82) is 0 Å². The minimum Gasteiger partial charge on any atom is -0.354 e. The molecule has 0 saturated heterocycles. The molecule has 4 heteroatoms. The molecular weight excluding hydrogens is 130 g/mol. The van der Waals surface area contributed by atoms with E-state index in [9.17, 15) is 4.79 Å². The Morgan fingerprint density at radius 3 is 2.70 bits per heavy atom. The molecule has 0 fully saturated rings. The predicted molar refractivity (Wildman–Crippen MR) is 41.2 cm³/mol. The number of aliphatic imine (C=N–C) groups is 2. The fourth-order valence-corrected chi connectivity index (χ4v) is 0.313. The van der Waals surface area contributed by atoms with E-state index < -0.39 is 0 Å². The summed E-state index contributed by atoms with van der Waals surface area (Å²) in [4.78, 5) is 17.5. The second-order valence-electron chi connectivity index (χ2n) is 1.45. The second kappa shape index (κ2) is 4.43. The third-order valence-electron chi connectivity index (χ3n) is 0.784. The molecule has 0 radical (unpaired) electrons. The lowest BCUT2D eigenvalue weighted by atomic mass is 10.5. The van der Waals surface area contributed by atoms with Crippen LogP contribution >= 0.6 is 0 Å². The summed E-state index contributed by atoms with van der Waals surface area (Å²) in [6.45, 7) is 6.51. The van der Waals surface area contributed by atoms with Gasteiger partial charge in [-0.1, -0.05) is 6.58 Å². The summed E-state index contributed by atoms with van der Waals surface area (Å²) >= 11 is 0. The number of likely N-dealkylation sites (N-methyl/N-ethyl adjacent to an activating group) is 1. The fourth-order valence-electron chi connectivity index (χ4n) is 0.313. The largest absolute Gasteiger partial charge is 0.354 e. The Morgan fingerprint density at radius 1 is 1.70 bits per heavy atom. The standard InChI is InChI=1S/C6H9N3O/c1-5(6(10)8-3)9-4-7-2/h4H,1-2H2,3H3,(H,8,10)/b9-4-. The highest BCUT2D eigenvalue weighted by Crippen LogP contribution is 1.88. The first-order valence-electron chi connectivity index (χ1n) is 2.61.